The van der Waals surface area contributed by atoms with Crippen molar-refractivity contribution < 1.29 is 8.42 Å². The second-order valence-electron chi connectivity index (χ2n) is 6.97. The van der Waals surface area contributed by atoms with Gasteiger partial charge in [0.15, 0.2) is 0 Å². The van der Waals surface area contributed by atoms with E-state index in [2.05, 4.69) is 20.8 Å². The number of sulfonamides is 1. The van der Waals surface area contributed by atoms with Crippen molar-refractivity contribution in [3.8, 4) is 0 Å². The van der Waals surface area contributed by atoms with Crippen LogP contribution in [-0.4, -0.2) is 31.9 Å². The van der Waals surface area contributed by atoms with Crippen LogP contribution in [0.15, 0.2) is 16.3 Å². The number of rotatable bonds is 3. The Morgan fingerprint density at radius 2 is 1.82 bits per heavy atom. The van der Waals surface area contributed by atoms with Gasteiger partial charge in [-0.2, -0.15) is 4.31 Å². The maximum absolute atomic E-state index is 12.7. The summed E-state index contributed by atoms with van der Waals surface area (Å²) < 4.78 is 27.5. The molecule has 1 saturated heterocycles. The van der Waals surface area contributed by atoms with Crippen molar-refractivity contribution in [1.29, 1.82) is 0 Å². The first kappa shape index (κ1) is 19.9. The fourth-order valence-corrected chi connectivity index (χ4v) is 5.62. The summed E-state index contributed by atoms with van der Waals surface area (Å²) in [7, 11) is -3.34. The molecule has 2 N–H and O–H groups in total. The predicted octanol–water partition coefficient (Wildman–Crippen LogP) is 3.22. The van der Waals surface area contributed by atoms with Gasteiger partial charge < -0.3 is 5.73 Å². The molecule has 1 aromatic rings. The van der Waals surface area contributed by atoms with Crippen molar-refractivity contribution in [2.75, 3.05) is 13.1 Å². The molecule has 7 heteroatoms. The van der Waals surface area contributed by atoms with Gasteiger partial charge in [-0.3, -0.25) is 0 Å². The third-order valence-electron chi connectivity index (χ3n) is 4.16. The van der Waals surface area contributed by atoms with Crippen LogP contribution in [0.2, 0.25) is 0 Å². The van der Waals surface area contributed by atoms with Gasteiger partial charge >= 0.3 is 0 Å². The minimum Gasteiger partial charge on any atom is -0.328 e. The van der Waals surface area contributed by atoms with Crippen LogP contribution < -0.4 is 5.73 Å². The topological polar surface area (TPSA) is 63.4 Å². The molecule has 1 aliphatic heterocycles. The van der Waals surface area contributed by atoms with Gasteiger partial charge in [-0.1, -0.05) is 20.8 Å². The van der Waals surface area contributed by atoms with Crippen LogP contribution in [0.4, 0.5) is 0 Å². The summed E-state index contributed by atoms with van der Waals surface area (Å²) in [5.74, 6) is 0.435. The Kier molecular flexibility index (Phi) is 6.49. The van der Waals surface area contributed by atoms with Crippen LogP contribution >= 0.6 is 23.7 Å². The number of nitrogens with zero attached hydrogens (tertiary/aromatic N) is 1. The molecule has 128 valence electrons. The number of hydrogen-bond acceptors (Lipinski definition) is 4. The summed E-state index contributed by atoms with van der Waals surface area (Å²) in [6.07, 6.45) is 1.71. The lowest BCUT2D eigenvalue weighted by Crippen LogP contribution is -2.42. The molecule has 4 nitrogen and oxygen atoms in total. The highest BCUT2D eigenvalue weighted by molar-refractivity contribution is 7.91. The molecule has 1 unspecified atom stereocenters. The minimum atomic E-state index is -3.34. The Hall–Kier alpha value is -0.140. The number of nitrogens with two attached hydrogens (primary N) is 1. The molecule has 22 heavy (non-hydrogen) atoms. The van der Waals surface area contributed by atoms with Gasteiger partial charge in [-0.05, 0) is 43.2 Å². The maximum atomic E-state index is 12.7. The summed E-state index contributed by atoms with van der Waals surface area (Å²) in [6.45, 7) is 9.47. The largest absolute Gasteiger partial charge is 0.328 e. The standard InChI is InChI=1S/C15H26N2O2S2.ClH/c1-11(16)12-7-9-17(10-8-12)21(18,19)14-6-5-13(20-14)15(2,3)4;/h5-6,11-12H,7-10,16H2,1-4H3;1H. The first-order valence-corrected chi connectivity index (χ1v) is 9.74. The molecular weight excluding hydrogens is 340 g/mol. The van der Waals surface area contributed by atoms with Crippen LogP contribution in [0.25, 0.3) is 0 Å². The highest BCUT2D eigenvalue weighted by atomic mass is 35.5. The molecule has 1 aromatic heterocycles. The molecule has 2 rings (SSSR count). The van der Waals surface area contributed by atoms with Crippen LogP contribution in [-0.2, 0) is 15.4 Å². The van der Waals surface area contributed by atoms with Crippen molar-refractivity contribution >= 4 is 33.8 Å². The third-order valence-corrected chi connectivity index (χ3v) is 8.03. The fourth-order valence-electron chi connectivity index (χ4n) is 2.63. The highest BCUT2D eigenvalue weighted by Crippen LogP contribution is 2.34. The molecule has 0 spiro atoms. The van der Waals surface area contributed by atoms with E-state index < -0.39 is 10.0 Å². The second-order valence-corrected chi connectivity index (χ2v) is 10.2. The summed E-state index contributed by atoms with van der Waals surface area (Å²) >= 11 is 1.39. The zero-order chi connectivity index (χ0) is 15.8. The lowest BCUT2D eigenvalue weighted by Gasteiger charge is -2.32. The van der Waals surface area contributed by atoms with Crippen molar-refractivity contribution in [2.45, 2.75) is 56.2 Å². The fraction of sp³-hybridized carbons (Fsp3) is 0.733. The molecule has 0 aliphatic carbocycles. The van der Waals surface area contributed by atoms with Crippen LogP contribution in [0, 0.1) is 5.92 Å². The first-order valence-electron chi connectivity index (χ1n) is 7.48. The molecule has 1 aliphatic rings. The van der Waals surface area contributed by atoms with Gasteiger partial charge in [0.25, 0.3) is 10.0 Å². The Bertz CT molecular complexity index is 583. The molecule has 0 bridgehead atoms. The average Bonchev–Trinajstić information content (AvgIpc) is 2.89. The molecule has 0 saturated carbocycles. The highest BCUT2D eigenvalue weighted by Gasteiger charge is 2.32. The van der Waals surface area contributed by atoms with E-state index in [0.29, 0.717) is 23.2 Å². The number of thiophene rings is 1. The third kappa shape index (κ3) is 4.23. The van der Waals surface area contributed by atoms with Gasteiger partial charge in [0.2, 0.25) is 0 Å². The number of halogens is 1. The lowest BCUT2D eigenvalue weighted by atomic mass is 9.92. The summed E-state index contributed by atoms with van der Waals surface area (Å²) in [4.78, 5) is 1.10. The predicted molar refractivity (Wildman–Crippen MR) is 95.4 cm³/mol. The zero-order valence-corrected chi connectivity index (χ0v) is 16.2. The zero-order valence-electron chi connectivity index (χ0n) is 13.7. The van der Waals surface area contributed by atoms with Crippen molar-refractivity contribution in [3.05, 3.63) is 17.0 Å². The van der Waals surface area contributed by atoms with Crippen LogP contribution in [0.3, 0.4) is 0 Å². The first-order chi connectivity index (χ1) is 9.62. The van der Waals surface area contributed by atoms with Gasteiger partial charge in [0.1, 0.15) is 4.21 Å². The van der Waals surface area contributed by atoms with Gasteiger partial charge in [-0.15, -0.1) is 23.7 Å². The van der Waals surface area contributed by atoms with E-state index in [1.807, 2.05) is 13.0 Å². The molecule has 0 radical (unpaired) electrons. The molecule has 1 atom stereocenters. The van der Waals surface area contributed by atoms with E-state index in [9.17, 15) is 8.42 Å². The Labute approximate surface area is 144 Å². The van der Waals surface area contributed by atoms with E-state index in [1.165, 1.54) is 11.3 Å². The van der Waals surface area contributed by atoms with Gasteiger partial charge in [0, 0.05) is 24.0 Å². The summed E-state index contributed by atoms with van der Waals surface area (Å²) in [5, 5.41) is 0. The average molecular weight is 367 g/mol. The maximum Gasteiger partial charge on any atom is 0.252 e. The molecule has 1 fully saturated rings. The van der Waals surface area contributed by atoms with E-state index in [1.54, 1.807) is 10.4 Å². The molecule has 0 amide bonds. The summed E-state index contributed by atoms with van der Waals surface area (Å²) in [6, 6.07) is 3.83. The van der Waals surface area contributed by atoms with E-state index in [-0.39, 0.29) is 23.9 Å². The van der Waals surface area contributed by atoms with Crippen molar-refractivity contribution in [3.63, 3.8) is 0 Å². The smallest absolute Gasteiger partial charge is 0.252 e. The molecular formula is C15H27ClN2O2S2. The Morgan fingerprint density at radius 3 is 2.23 bits per heavy atom. The number of hydrogen-bond donors (Lipinski definition) is 1. The number of piperidine rings is 1. The van der Waals surface area contributed by atoms with E-state index in [4.69, 9.17) is 5.73 Å². The monoisotopic (exact) mass is 366 g/mol. The molecule has 0 aromatic carbocycles. The molecule has 2 heterocycles. The Balaban J connectivity index is 0.00000242. The van der Waals surface area contributed by atoms with Crippen molar-refractivity contribution in [2.24, 2.45) is 11.7 Å². The summed E-state index contributed by atoms with van der Waals surface area (Å²) in [5.41, 5.74) is 5.90. The minimum absolute atomic E-state index is 0. The lowest BCUT2D eigenvalue weighted by molar-refractivity contribution is 0.251. The second kappa shape index (κ2) is 7.18. The Morgan fingerprint density at radius 1 is 1.27 bits per heavy atom. The van der Waals surface area contributed by atoms with E-state index >= 15 is 0 Å². The van der Waals surface area contributed by atoms with E-state index in [0.717, 1.165) is 17.7 Å². The quantitative estimate of drug-likeness (QED) is 0.893. The van der Waals surface area contributed by atoms with Gasteiger partial charge in [0.05, 0.1) is 0 Å². The van der Waals surface area contributed by atoms with Crippen LogP contribution in [0.5, 0.6) is 0 Å². The van der Waals surface area contributed by atoms with Crippen LogP contribution in [0.1, 0.15) is 45.4 Å². The normalized spacial score (nSPS) is 19.7. The van der Waals surface area contributed by atoms with Gasteiger partial charge in [-0.25, -0.2) is 8.42 Å². The SMILES string of the molecule is CC(N)C1CCN(S(=O)(=O)c2ccc(C(C)(C)C)s2)CC1.Cl. The van der Waals surface area contributed by atoms with Crippen molar-refractivity contribution in [1.82, 2.24) is 4.31 Å².